The van der Waals surface area contributed by atoms with Crippen LogP contribution in [0.2, 0.25) is 0 Å². The van der Waals surface area contributed by atoms with Crippen molar-refractivity contribution in [3.8, 4) is 0 Å². The quantitative estimate of drug-likeness (QED) is 0.443. The Bertz CT molecular complexity index is 516. The van der Waals surface area contributed by atoms with Crippen molar-refractivity contribution in [1.82, 2.24) is 4.31 Å². The molecule has 4 unspecified atom stereocenters. The van der Waals surface area contributed by atoms with Crippen LogP contribution in [0.15, 0.2) is 12.2 Å². The van der Waals surface area contributed by atoms with Crippen LogP contribution in [0.3, 0.4) is 0 Å². The van der Waals surface area contributed by atoms with E-state index in [1.54, 1.807) is 0 Å². The van der Waals surface area contributed by atoms with E-state index in [1.165, 1.54) is 4.31 Å². The molecule has 4 aliphatic rings. The summed E-state index contributed by atoms with van der Waals surface area (Å²) in [5.41, 5.74) is 0. The maximum absolute atomic E-state index is 12.6. The van der Waals surface area contributed by atoms with Gasteiger partial charge in [-0.15, -0.1) is 0 Å². The highest BCUT2D eigenvalue weighted by Crippen LogP contribution is 2.49. The average molecular weight is 348 g/mol. The van der Waals surface area contributed by atoms with Crippen molar-refractivity contribution in [2.24, 2.45) is 17.8 Å². The van der Waals surface area contributed by atoms with E-state index in [2.05, 4.69) is 22.0 Å². The molecule has 3 aliphatic carbocycles. The lowest BCUT2D eigenvalue weighted by atomic mass is 9.68. The standard InChI is InChI=1S/C13H18BrNO3S/c14-7-1-2-8-15-13(16)11-9-3-5-10(6-4-9)12(11)19(15,17)18/h3,5,9-12H,1-2,4,6-8H2. The zero-order chi connectivity index (χ0) is 13.6. The van der Waals surface area contributed by atoms with E-state index < -0.39 is 15.3 Å². The van der Waals surface area contributed by atoms with E-state index in [1.807, 2.05) is 6.08 Å². The second kappa shape index (κ2) is 4.88. The normalized spacial score (nSPS) is 38.8. The van der Waals surface area contributed by atoms with Gasteiger partial charge in [0.05, 0.1) is 11.2 Å². The van der Waals surface area contributed by atoms with Gasteiger partial charge < -0.3 is 0 Å². The second-order valence-corrected chi connectivity index (χ2v) is 8.44. The molecule has 0 aromatic carbocycles. The molecule has 0 radical (unpaired) electrons. The third-order valence-electron chi connectivity index (χ3n) is 4.60. The summed E-state index contributed by atoms with van der Waals surface area (Å²) >= 11 is 3.33. The van der Waals surface area contributed by atoms with Gasteiger partial charge in [0.1, 0.15) is 0 Å². The van der Waals surface area contributed by atoms with Gasteiger partial charge in [0.25, 0.3) is 0 Å². The fraction of sp³-hybridized carbons (Fsp3) is 0.769. The number of hydrogen-bond donors (Lipinski definition) is 0. The van der Waals surface area contributed by atoms with E-state index in [9.17, 15) is 13.2 Å². The molecule has 0 spiro atoms. The second-order valence-electron chi connectivity index (χ2n) is 5.63. The fourth-order valence-corrected chi connectivity index (χ4v) is 6.51. The van der Waals surface area contributed by atoms with E-state index in [0.29, 0.717) is 6.54 Å². The molecular formula is C13H18BrNO3S. The number of hydrogen-bond acceptors (Lipinski definition) is 3. The molecule has 1 amide bonds. The zero-order valence-electron chi connectivity index (χ0n) is 10.7. The highest BCUT2D eigenvalue weighted by molar-refractivity contribution is 9.09. The summed E-state index contributed by atoms with van der Waals surface area (Å²) in [4.78, 5) is 12.4. The van der Waals surface area contributed by atoms with Crippen LogP contribution in [-0.2, 0) is 14.8 Å². The molecule has 4 rings (SSSR count). The topological polar surface area (TPSA) is 54.5 Å². The van der Waals surface area contributed by atoms with Gasteiger partial charge in [-0.2, -0.15) is 0 Å². The summed E-state index contributed by atoms with van der Waals surface area (Å²) in [6.07, 6.45) is 7.56. The predicted octanol–water partition coefficient (Wildman–Crippen LogP) is 1.91. The first-order chi connectivity index (χ1) is 9.07. The number of halogens is 1. The van der Waals surface area contributed by atoms with E-state index in [-0.39, 0.29) is 23.7 Å². The third-order valence-corrected chi connectivity index (χ3v) is 7.47. The summed E-state index contributed by atoms with van der Waals surface area (Å²) in [5, 5.41) is 0.363. The largest absolute Gasteiger partial charge is 0.273 e. The summed E-state index contributed by atoms with van der Waals surface area (Å²) in [6, 6.07) is 0. The average Bonchev–Trinajstić information content (AvgIpc) is 2.63. The van der Waals surface area contributed by atoms with Crippen LogP contribution in [0.25, 0.3) is 0 Å². The number of alkyl halides is 1. The molecule has 106 valence electrons. The fourth-order valence-electron chi connectivity index (χ4n) is 3.70. The van der Waals surface area contributed by atoms with E-state index >= 15 is 0 Å². The van der Waals surface area contributed by atoms with Gasteiger partial charge in [0.15, 0.2) is 0 Å². The molecule has 4 nitrogen and oxygen atoms in total. The molecular weight excluding hydrogens is 330 g/mol. The summed E-state index contributed by atoms with van der Waals surface area (Å²) in [6.45, 7) is 0.346. The molecule has 19 heavy (non-hydrogen) atoms. The summed E-state index contributed by atoms with van der Waals surface area (Å²) < 4.78 is 26.3. The molecule has 1 saturated heterocycles. The van der Waals surface area contributed by atoms with Crippen molar-refractivity contribution in [3.63, 3.8) is 0 Å². The van der Waals surface area contributed by atoms with Crippen molar-refractivity contribution < 1.29 is 13.2 Å². The summed E-state index contributed by atoms with van der Waals surface area (Å²) in [7, 11) is -3.43. The van der Waals surface area contributed by atoms with Crippen LogP contribution < -0.4 is 0 Å². The van der Waals surface area contributed by atoms with Gasteiger partial charge in [0, 0.05) is 11.9 Å². The minimum atomic E-state index is -3.43. The third kappa shape index (κ3) is 1.98. The maximum Gasteiger partial charge on any atom is 0.241 e. The van der Waals surface area contributed by atoms with E-state index in [4.69, 9.17) is 0 Å². The van der Waals surface area contributed by atoms with Crippen LogP contribution in [0.1, 0.15) is 25.7 Å². The van der Waals surface area contributed by atoms with Crippen molar-refractivity contribution in [1.29, 1.82) is 0 Å². The molecule has 1 saturated carbocycles. The minimum absolute atomic E-state index is 0.0464. The molecule has 4 atom stereocenters. The van der Waals surface area contributed by atoms with Crippen molar-refractivity contribution in [2.45, 2.75) is 30.9 Å². The lowest BCUT2D eigenvalue weighted by Crippen LogP contribution is -2.42. The Hall–Kier alpha value is -0.360. The number of fused-ring (bicyclic) bond motifs is 1. The molecule has 1 heterocycles. The van der Waals surface area contributed by atoms with Crippen LogP contribution in [0.4, 0.5) is 0 Å². The maximum atomic E-state index is 12.6. The molecule has 1 aliphatic heterocycles. The van der Waals surface area contributed by atoms with Crippen molar-refractivity contribution in [2.75, 3.05) is 11.9 Å². The van der Waals surface area contributed by atoms with Crippen LogP contribution in [0.5, 0.6) is 0 Å². The first-order valence-corrected chi connectivity index (χ1v) is 9.49. The lowest BCUT2D eigenvalue weighted by molar-refractivity contribution is -0.131. The highest BCUT2D eigenvalue weighted by atomic mass is 79.9. The molecule has 2 fully saturated rings. The Morgan fingerprint density at radius 2 is 1.89 bits per heavy atom. The molecule has 0 N–H and O–H groups in total. The number of unbranched alkanes of at least 4 members (excludes halogenated alkanes) is 1. The zero-order valence-corrected chi connectivity index (χ0v) is 13.1. The Balaban J connectivity index is 1.88. The number of nitrogens with zero attached hydrogens (tertiary/aromatic N) is 1. The molecule has 2 bridgehead atoms. The molecule has 0 aromatic heterocycles. The number of carbonyl (C=O) groups excluding carboxylic acids is 1. The van der Waals surface area contributed by atoms with Gasteiger partial charge in [0.2, 0.25) is 15.9 Å². The Kier molecular flexibility index (Phi) is 3.50. The van der Waals surface area contributed by atoms with Gasteiger partial charge in [-0.05, 0) is 37.5 Å². The SMILES string of the molecule is O=C1C2C3C=CC(CC3)C2S(=O)(=O)N1CCCCBr. The van der Waals surface area contributed by atoms with Crippen LogP contribution >= 0.6 is 15.9 Å². The number of amides is 1. The lowest BCUT2D eigenvalue weighted by Gasteiger charge is -2.37. The van der Waals surface area contributed by atoms with Crippen LogP contribution in [-0.4, -0.2) is 35.8 Å². The first kappa shape index (κ1) is 13.6. The Morgan fingerprint density at radius 1 is 1.21 bits per heavy atom. The van der Waals surface area contributed by atoms with Gasteiger partial charge in [-0.3, -0.25) is 4.79 Å². The first-order valence-electron chi connectivity index (χ1n) is 6.87. The Morgan fingerprint density at radius 3 is 2.47 bits per heavy atom. The van der Waals surface area contributed by atoms with Gasteiger partial charge in [-0.25, -0.2) is 12.7 Å². The number of sulfonamides is 1. The predicted molar refractivity (Wildman–Crippen MR) is 76.3 cm³/mol. The number of allylic oxidation sites excluding steroid dienone is 2. The summed E-state index contributed by atoms with van der Waals surface area (Å²) in [5.74, 6) is -0.278. The highest BCUT2D eigenvalue weighted by Gasteiger charge is 2.59. The van der Waals surface area contributed by atoms with Gasteiger partial charge >= 0.3 is 0 Å². The van der Waals surface area contributed by atoms with Crippen molar-refractivity contribution >= 4 is 31.9 Å². The van der Waals surface area contributed by atoms with Crippen LogP contribution in [0, 0.1) is 17.8 Å². The number of carbonyl (C=O) groups is 1. The smallest absolute Gasteiger partial charge is 0.241 e. The number of rotatable bonds is 4. The van der Waals surface area contributed by atoms with E-state index in [0.717, 1.165) is 31.0 Å². The molecule has 0 aromatic rings. The molecule has 6 heteroatoms. The minimum Gasteiger partial charge on any atom is -0.273 e. The Labute approximate surface area is 122 Å². The van der Waals surface area contributed by atoms with Gasteiger partial charge in [-0.1, -0.05) is 28.1 Å². The van der Waals surface area contributed by atoms with Crippen molar-refractivity contribution in [3.05, 3.63) is 12.2 Å². The monoisotopic (exact) mass is 347 g/mol.